The first-order valence-corrected chi connectivity index (χ1v) is 11.9. The van der Waals surface area contributed by atoms with Crippen LogP contribution in [-0.2, 0) is 16.6 Å². The third-order valence-electron chi connectivity index (χ3n) is 5.26. The van der Waals surface area contributed by atoms with Gasteiger partial charge in [0, 0.05) is 19.2 Å². The molecule has 0 bridgehead atoms. The molecule has 0 saturated carbocycles. The smallest absolute Gasteiger partial charge is 0.261 e. The molecule has 0 radical (unpaired) electrons. The number of hydrogen-bond donors (Lipinski definition) is 1. The molecule has 0 fully saturated rings. The Morgan fingerprint density at radius 2 is 1.62 bits per heavy atom. The molecule has 0 unspecified atom stereocenters. The van der Waals surface area contributed by atoms with Gasteiger partial charge in [0.1, 0.15) is 5.75 Å². The molecule has 0 aliphatic heterocycles. The van der Waals surface area contributed by atoms with Crippen molar-refractivity contribution >= 4 is 21.6 Å². The number of rotatable bonds is 8. The molecule has 168 valence electrons. The third-order valence-corrected chi connectivity index (χ3v) is 6.64. The van der Waals surface area contributed by atoms with Crippen LogP contribution in [0.1, 0.15) is 34.0 Å². The van der Waals surface area contributed by atoms with E-state index in [4.69, 9.17) is 4.74 Å². The Morgan fingerprint density at radius 1 is 0.969 bits per heavy atom. The van der Waals surface area contributed by atoms with Gasteiger partial charge in [0.2, 0.25) is 0 Å². The van der Waals surface area contributed by atoms with Gasteiger partial charge in [-0.05, 0) is 79.9 Å². The number of amides is 1. The first-order valence-electron chi connectivity index (χ1n) is 10.4. The lowest BCUT2D eigenvalue weighted by Crippen LogP contribution is -2.26. The molecule has 0 heterocycles. The van der Waals surface area contributed by atoms with Gasteiger partial charge in [0.05, 0.1) is 17.2 Å². The summed E-state index contributed by atoms with van der Waals surface area (Å²) < 4.78 is 33.6. The van der Waals surface area contributed by atoms with Crippen LogP contribution in [0, 0.1) is 13.8 Å². The maximum atomic E-state index is 12.8. The molecule has 0 aliphatic carbocycles. The number of benzene rings is 3. The first kappa shape index (κ1) is 23.3. The Labute approximate surface area is 189 Å². The van der Waals surface area contributed by atoms with Crippen LogP contribution in [0.15, 0.2) is 71.6 Å². The van der Waals surface area contributed by atoms with Crippen molar-refractivity contribution in [3.05, 3.63) is 89.0 Å². The molecular formula is C25H28N2O4S. The van der Waals surface area contributed by atoms with E-state index in [1.54, 1.807) is 18.0 Å². The summed E-state index contributed by atoms with van der Waals surface area (Å²) in [6, 6.07) is 19.0. The Bertz CT molecular complexity index is 1190. The summed E-state index contributed by atoms with van der Waals surface area (Å²) in [7, 11) is -2.05. The van der Waals surface area contributed by atoms with Gasteiger partial charge in [-0.25, -0.2) is 8.42 Å². The van der Waals surface area contributed by atoms with Crippen LogP contribution in [0.25, 0.3) is 0 Å². The van der Waals surface area contributed by atoms with Gasteiger partial charge in [-0.2, -0.15) is 0 Å². The van der Waals surface area contributed by atoms with Crippen molar-refractivity contribution in [2.45, 2.75) is 32.2 Å². The van der Waals surface area contributed by atoms with E-state index in [0.717, 1.165) is 22.4 Å². The van der Waals surface area contributed by atoms with E-state index in [2.05, 4.69) is 4.72 Å². The summed E-state index contributed by atoms with van der Waals surface area (Å²) >= 11 is 0. The summed E-state index contributed by atoms with van der Waals surface area (Å²) in [6.45, 7) is 6.76. The van der Waals surface area contributed by atoms with E-state index >= 15 is 0 Å². The molecule has 1 amide bonds. The summed E-state index contributed by atoms with van der Waals surface area (Å²) in [5.41, 5.74) is 3.81. The predicted octanol–water partition coefficient (Wildman–Crippen LogP) is 4.78. The van der Waals surface area contributed by atoms with Gasteiger partial charge < -0.3 is 9.64 Å². The molecule has 6 nitrogen and oxygen atoms in total. The number of carbonyl (C=O) groups excluding carboxylic acids is 1. The van der Waals surface area contributed by atoms with Crippen LogP contribution in [0.3, 0.4) is 0 Å². The molecule has 0 spiro atoms. The normalized spacial score (nSPS) is 11.1. The fourth-order valence-corrected chi connectivity index (χ4v) is 4.39. The fourth-order valence-electron chi connectivity index (χ4n) is 3.27. The van der Waals surface area contributed by atoms with Gasteiger partial charge >= 0.3 is 0 Å². The molecule has 7 heteroatoms. The highest BCUT2D eigenvalue weighted by Gasteiger charge is 2.18. The molecule has 0 aromatic heterocycles. The van der Waals surface area contributed by atoms with E-state index in [-0.39, 0.29) is 10.8 Å². The number of nitrogens with one attached hydrogen (secondary N) is 1. The highest BCUT2D eigenvalue weighted by molar-refractivity contribution is 7.92. The Kier molecular flexibility index (Phi) is 7.20. The minimum absolute atomic E-state index is 0.101. The zero-order valence-electron chi connectivity index (χ0n) is 18.8. The largest absolute Gasteiger partial charge is 0.494 e. The molecule has 3 aromatic carbocycles. The lowest BCUT2D eigenvalue weighted by atomic mass is 10.1. The molecule has 0 atom stereocenters. The Balaban J connectivity index is 1.69. The average Bonchev–Trinajstić information content (AvgIpc) is 2.78. The second-order valence-electron chi connectivity index (χ2n) is 7.62. The van der Waals surface area contributed by atoms with Gasteiger partial charge in [-0.3, -0.25) is 9.52 Å². The highest BCUT2D eigenvalue weighted by Crippen LogP contribution is 2.22. The minimum Gasteiger partial charge on any atom is -0.494 e. The fraction of sp³-hybridized carbons (Fsp3) is 0.240. The summed E-state index contributed by atoms with van der Waals surface area (Å²) in [5.74, 6) is 0.599. The molecule has 0 aliphatic rings. The van der Waals surface area contributed by atoms with Gasteiger partial charge in [0.15, 0.2) is 0 Å². The van der Waals surface area contributed by atoms with E-state index in [1.165, 1.54) is 24.3 Å². The molecule has 1 N–H and O–H groups in total. The lowest BCUT2D eigenvalue weighted by Gasteiger charge is -2.18. The minimum atomic E-state index is -3.76. The van der Waals surface area contributed by atoms with Crippen molar-refractivity contribution in [3.8, 4) is 5.75 Å². The number of anilines is 1. The zero-order chi connectivity index (χ0) is 23.3. The van der Waals surface area contributed by atoms with Crippen molar-refractivity contribution in [2.24, 2.45) is 0 Å². The SMILES string of the molecule is CCOc1ccc(CN(C)C(=O)c2ccc(S(=O)(=O)Nc3cccc(C)c3C)cc2)cc1. The van der Waals surface area contributed by atoms with Crippen molar-refractivity contribution in [2.75, 3.05) is 18.4 Å². The molecular weight excluding hydrogens is 424 g/mol. The van der Waals surface area contributed by atoms with Crippen molar-refractivity contribution < 1.29 is 17.9 Å². The number of hydrogen-bond acceptors (Lipinski definition) is 4. The maximum absolute atomic E-state index is 12.8. The molecule has 3 rings (SSSR count). The number of aryl methyl sites for hydroxylation is 1. The Hall–Kier alpha value is -3.32. The second kappa shape index (κ2) is 9.87. The van der Waals surface area contributed by atoms with Crippen molar-refractivity contribution in [1.29, 1.82) is 0 Å². The number of carbonyl (C=O) groups is 1. The Morgan fingerprint density at radius 3 is 2.25 bits per heavy atom. The zero-order valence-corrected chi connectivity index (χ0v) is 19.6. The number of ether oxygens (including phenoxy) is 1. The molecule has 3 aromatic rings. The second-order valence-corrected chi connectivity index (χ2v) is 9.30. The van der Waals surface area contributed by atoms with Gasteiger partial charge in [-0.1, -0.05) is 24.3 Å². The van der Waals surface area contributed by atoms with Crippen LogP contribution in [-0.4, -0.2) is 32.9 Å². The topological polar surface area (TPSA) is 75.7 Å². The monoisotopic (exact) mass is 452 g/mol. The van der Waals surface area contributed by atoms with Crippen molar-refractivity contribution in [1.82, 2.24) is 4.90 Å². The third kappa shape index (κ3) is 5.48. The van der Waals surface area contributed by atoms with Crippen LogP contribution >= 0.6 is 0 Å². The van der Waals surface area contributed by atoms with Crippen molar-refractivity contribution in [3.63, 3.8) is 0 Å². The van der Waals surface area contributed by atoms with E-state index in [9.17, 15) is 13.2 Å². The van der Waals surface area contributed by atoms with E-state index in [0.29, 0.717) is 24.4 Å². The lowest BCUT2D eigenvalue weighted by molar-refractivity contribution is 0.0785. The van der Waals surface area contributed by atoms with Crippen LogP contribution in [0.4, 0.5) is 5.69 Å². The molecule has 32 heavy (non-hydrogen) atoms. The van der Waals surface area contributed by atoms with Gasteiger partial charge in [0.25, 0.3) is 15.9 Å². The summed E-state index contributed by atoms with van der Waals surface area (Å²) in [5, 5.41) is 0. The van der Waals surface area contributed by atoms with Crippen LogP contribution in [0.5, 0.6) is 5.75 Å². The molecule has 0 saturated heterocycles. The van der Waals surface area contributed by atoms with E-state index < -0.39 is 10.0 Å². The standard InChI is InChI=1S/C25H28N2O4S/c1-5-31-22-13-9-20(10-14-22)17-27(4)25(28)21-11-15-23(16-12-21)32(29,30)26-24-8-6-7-18(2)19(24)3/h6-16,26H,5,17H2,1-4H3. The van der Waals surface area contributed by atoms with Crippen LogP contribution < -0.4 is 9.46 Å². The van der Waals surface area contributed by atoms with Crippen LogP contribution in [0.2, 0.25) is 0 Å². The summed E-state index contributed by atoms with van der Waals surface area (Å²) in [4.78, 5) is 14.5. The highest BCUT2D eigenvalue weighted by atomic mass is 32.2. The predicted molar refractivity (Wildman–Crippen MR) is 127 cm³/mol. The maximum Gasteiger partial charge on any atom is 0.261 e. The number of nitrogens with zero attached hydrogens (tertiary/aromatic N) is 1. The first-order chi connectivity index (χ1) is 15.2. The average molecular weight is 453 g/mol. The van der Waals surface area contributed by atoms with E-state index in [1.807, 2.05) is 57.2 Å². The quantitative estimate of drug-likeness (QED) is 0.534. The van der Waals surface area contributed by atoms with Gasteiger partial charge in [-0.15, -0.1) is 0 Å². The number of sulfonamides is 1. The summed E-state index contributed by atoms with van der Waals surface area (Å²) in [6.07, 6.45) is 0.